The minimum atomic E-state index is -0.0113. The number of thiophene rings is 1. The number of hydrogen-bond donors (Lipinski definition) is 1. The third kappa shape index (κ3) is 2.52. The third-order valence-electron chi connectivity index (χ3n) is 2.73. The number of fused-ring (bicyclic) bond motifs is 1. The van der Waals surface area contributed by atoms with E-state index in [9.17, 15) is 4.79 Å². The molecule has 94 valence electrons. The molecule has 5 heteroatoms. The van der Waals surface area contributed by atoms with Crippen molar-refractivity contribution in [1.82, 2.24) is 4.90 Å². The van der Waals surface area contributed by atoms with Crippen LogP contribution in [0.3, 0.4) is 0 Å². The van der Waals surface area contributed by atoms with E-state index in [2.05, 4.69) is 0 Å². The Kier molecular flexibility index (Phi) is 3.93. The van der Waals surface area contributed by atoms with Gasteiger partial charge in [-0.3, -0.25) is 4.79 Å². The van der Waals surface area contributed by atoms with Gasteiger partial charge in [0, 0.05) is 22.0 Å². The highest BCUT2D eigenvalue weighted by molar-refractivity contribution is 7.80. The lowest BCUT2D eigenvalue weighted by Gasteiger charge is -2.19. The highest BCUT2D eigenvalue weighted by atomic mass is 32.1. The number of thiocarbonyl (C=S) groups is 1. The van der Waals surface area contributed by atoms with Crippen LogP contribution in [0.1, 0.15) is 17.3 Å². The van der Waals surface area contributed by atoms with Crippen molar-refractivity contribution in [3.63, 3.8) is 0 Å². The van der Waals surface area contributed by atoms with Crippen LogP contribution in [-0.4, -0.2) is 28.9 Å². The Morgan fingerprint density at radius 1 is 1.44 bits per heavy atom. The van der Waals surface area contributed by atoms with Crippen molar-refractivity contribution >= 4 is 44.5 Å². The molecule has 2 rings (SSSR count). The molecule has 0 saturated carbocycles. The molecule has 1 heterocycles. The lowest BCUT2D eigenvalue weighted by molar-refractivity contribution is 0.0790. The van der Waals surface area contributed by atoms with Crippen molar-refractivity contribution in [1.29, 1.82) is 0 Å². The zero-order chi connectivity index (χ0) is 13.1. The molecule has 0 aliphatic rings. The minimum Gasteiger partial charge on any atom is -0.392 e. The summed E-state index contributed by atoms with van der Waals surface area (Å²) < 4.78 is 1.12. The van der Waals surface area contributed by atoms with Crippen molar-refractivity contribution in [3.8, 4) is 0 Å². The SMILES string of the molecule is CCN(CC(N)=S)C(=O)c1csc2ccccc12. The smallest absolute Gasteiger partial charge is 0.255 e. The molecule has 1 amide bonds. The van der Waals surface area contributed by atoms with Crippen LogP contribution in [0.25, 0.3) is 10.1 Å². The molecule has 0 atom stereocenters. The Morgan fingerprint density at radius 3 is 2.83 bits per heavy atom. The predicted octanol–water partition coefficient (Wildman–Crippen LogP) is 2.65. The van der Waals surface area contributed by atoms with Crippen LogP contribution in [0.4, 0.5) is 0 Å². The highest BCUT2D eigenvalue weighted by Crippen LogP contribution is 2.26. The van der Waals surface area contributed by atoms with Crippen molar-refractivity contribution in [2.75, 3.05) is 13.1 Å². The molecular weight excluding hydrogens is 264 g/mol. The van der Waals surface area contributed by atoms with Crippen LogP contribution in [0, 0.1) is 0 Å². The Balaban J connectivity index is 2.35. The topological polar surface area (TPSA) is 46.3 Å². The average molecular weight is 278 g/mol. The Morgan fingerprint density at radius 2 is 2.17 bits per heavy atom. The molecule has 1 aromatic carbocycles. The lowest BCUT2D eigenvalue weighted by atomic mass is 10.1. The first-order valence-corrected chi connectivity index (χ1v) is 6.96. The fraction of sp³-hybridized carbons (Fsp3) is 0.231. The second kappa shape index (κ2) is 5.46. The molecule has 2 N–H and O–H groups in total. The maximum Gasteiger partial charge on any atom is 0.255 e. The molecule has 0 unspecified atom stereocenters. The molecule has 0 radical (unpaired) electrons. The molecule has 0 aliphatic heterocycles. The largest absolute Gasteiger partial charge is 0.392 e. The number of benzene rings is 1. The molecule has 0 aliphatic carbocycles. The summed E-state index contributed by atoms with van der Waals surface area (Å²) in [7, 11) is 0. The first kappa shape index (κ1) is 13.0. The third-order valence-corrected chi connectivity index (χ3v) is 3.82. The summed E-state index contributed by atoms with van der Waals surface area (Å²) in [6.45, 7) is 2.85. The van der Waals surface area contributed by atoms with Crippen LogP contribution in [0.5, 0.6) is 0 Å². The summed E-state index contributed by atoms with van der Waals surface area (Å²) in [5.41, 5.74) is 6.24. The van der Waals surface area contributed by atoms with E-state index in [0.717, 1.165) is 15.6 Å². The van der Waals surface area contributed by atoms with E-state index in [-0.39, 0.29) is 5.91 Å². The first-order valence-electron chi connectivity index (χ1n) is 5.67. The minimum absolute atomic E-state index is 0.0113. The predicted molar refractivity (Wildman–Crippen MR) is 80.2 cm³/mol. The van der Waals surface area contributed by atoms with Gasteiger partial charge in [0.1, 0.15) is 0 Å². The van der Waals surface area contributed by atoms with E-state index in [1.54, 1.807) is 16.2 Å². The second-order valence-corrected chi connectivity index (χ2v) is 5.37. The van der Waals surface area contributed by atoms with Gasteiger partial charge in [-0.15, -0.1) is 11.3 Å². The number of amides is 1. The molecular formula is C13H14N2OS2. The number of carbonyl (C=O) groups is 1. The van der Waals surface area contributed by atoms with E-state index in [4.69, 9.17) is 18.0 Å². The van der Waals surface area contributed by atoms with Crippen molar-refractivity contribution in [3.05, 3.63) is 35.2 Å². The molecule has 2 aromatic rings. The van der Waals surface area contributed by atoms with Crippen LogP contribution in [-0.2, 0) is 0 Å². The number of hydrogen-bond acceptors (Lipinski definition) is 3. The van der Waals surface area contributed by atoms with E-state index in [0.29, 0.717) is 18.1 Å². The summed E-state index contributed by atoms with van der Waals surface area (Å²) in [4.78, 5) is 14.4. The number of rotatable bonds is 4. The molecule has 0 spiro atoms. The van der Waals surface area contributed by atoms with Crippen molar-refractivity contribution in [2.24, 2.45) is 5.73 Å². The Hall–Kier alpha value is -1.46. The van der Waals surface area contributed by atoms with Gasteiger partial charge >= 0.3 is 0 Å². The van der Waals surface area contributed by atoms with Crippen LogP contribution >= 0.6 is 23.6 Å². The second-order valence-electron chi connectivity index (χ2n) is 3.93. The number of nitrogens with zero attached hydrogens (tertiary/aromatic N) is 1. The van der Waals surface area contributed by atoms with Crippen LogP contribution in [0.15, 0.2) is 29.6 Å². The van der Waals surface area contributed by atoms with Crippen LogP contribution < -0.4 is 5.73 Å². The van der Waals surface area contributed by atoms with Gasteiger partial charge in [-0.25, -0.2) is 0 Å². The van der Waals surface area contributed by atoms with Gasteiger partial charge < -0.3 is 10.6 Å². The Labute approximate surface area is 115 Å². The summed E-state index contributed by atoms with van der Waals surface area (Å²) in [6.07, 6.45) is 0. The summed E-state index contributed by atoms with van der Waals surface area (Å²) in [5, 5.41) is 2.89. The van der Waals surface area contributed by atoms with Gasteiger partial charge in [-0.1, -0.05) is 30.4 Å². The Bertz CT molecular complexity index is 591. The van der Waals surface area contributed by atoms with E-state index < -0.39 is 0 Å². The zero-order valence-corrected chi connectivity index (χ0v) is 11.7. The molecule has 1 aromatic heterocycles. The maximum atomic E-state index is 12.4. The van der Waals surface area contributed by atoms with Gasteiger partial charge in [0.25, 0.3) is 5.91 Å². The molecule has 0 saturated heterocycles. The summed E-state index contributed by atoms with van der Waals surface area (Å²) in [5.74, 6) is -0.0113. The first-order chi connectivity index (χ1) is 8.63. The quantitative estimate of drug-likeness (QED) is 0.875. The summed E-state index contributed by atoms with van der Waals surface area (Å²) >= 11 is 6.45. The zero-order valence-electron chi connectivity index (χ0n) is 10.1. The molecule has 3 nitrogen and oxygen atoms in total. The fourth-order valence-electron chi connectivity index (χ4n) is 1.83. The van der Waals surface area contributed by atoms with Gasteiger partial charge in [0.15, 0.2) is 0 Å². The standard InChI is InChI=1S/C13H14N2OS2/c1-2-15(7-12(14)17)13(16)10-8-18-11-6-4-3-5-9(10)11/h3-6,8H,2,7H2,1H3,(H2,14,17). The van der Waals surface area contributed by atoms with E-state index >= 15 is 0 Å². The fourth-order valence-corrected chi connectivity index (χ4v) is 2.92. The number of likely N-dealkylation sites (N-methyl/N-ethyl adjacent to an activating group) is 1. The van der Waals surface area contributed by atoms with E-state index in [1.807, 2.05) is 36.6 Å². The van der Waals surface area contributed by atoms with Crippen LogP contribution in [0.2, 0.25) is 0 Å². The van der Waals surface area contributed by atoms with E-state index in [1.165, 1.54) is 0 Å². The van der Waals surface area contributed by atoms with Crippen molar-refractivity contribution in [2.45, 2.75) is 6.92 Å². The normalized spacial score (nSPS) is 10.5. The molecule has 0 fully saturated rings. The number of nitrogens with two attached hydrogens (primary N) is 1. The number of carbonyl (C=O) groups excluding carboxylic acids is 1. The summed E-state index contributed by atoms with van der Waals surface area (Å²) in [6, 6.07) is 7.89. The van der Waals surface area contributed by atoms with Gasteiger partial charge in [-0.05, 0) is 13.0 Å². The highest BCUT2D eigenvalue weighted by Gasteiger charge is 2.18. The molecule has 18 heavy (non-hydrogen) atoms. The average Bonchev–Trinajstić information content (AvgIpc) is 2.78. The monoisotopic (exact) mass is 278 g/mol. The molecule has 0 bridgehead atoms. The van der Waals surface area contributed by atoms with Crippen molar-refractivity contribution < 1.29 is 4.79 Å². The van der Waals surface area contributed by atoms with Gasteiger partial charge in [-0.2, -0.15) is 0 Å². The lowest BCUT2D eigenvalue weighted by Crippen LogP contribution is -2.37. The van der Waals surface area contributed by atoms with Gasteiger partial charge in [0.2, 0.25) is 0 Å². The maximum absolute atomic E-state index is 12.4. The van der Waals surface area contributed by atoms with Gasteiger partial charge in [0.05, 0.1) is 17.1 Å².